The minimum Gasteiger partial charge on any atom is -0.338 e. The van der Waals surface area contributed by atoms with Crippen LogP contribution >= 0.6 is 0 Å². The zero-order valence-corrected chi connectivity index (χ0v) is 12.6. The predicted molar refractivity (Wildman–Crippen MR) is 79.3 cm³/mol. The quantitative estimate of drug-likeness (QED) is 0.906. The molecule has 1 unspecified atom stereocenters. The molecule has 0 radical (unpaired) electrons. The van der Waals surface area contributed by atoms with Crippen molar-refractivity contribution >= 4 is 5.95 Å². The fraction of sp³-hybridized carbons (Fsp3) is 0.733. The van der Waals surface area contributed by atoms with Crippen molar-refractivity contribution in [1.29, 1.82) is 0 Å². The molecule has 1 aliphatic heterocycles. The lowest BCUT2D eigenvalue weighted by molar-refractivity contribution is 0.423. The van der Waals surface area contributed by atoms with Gasteiger partial charge in [-0.05, 0) is 40.0 Å². The smallest absolute Gasteiger partial charge is 0.225 e. The van der Waals surface area contributed by atoms with E-state index in [-0.39, 0.29) is 5.54 Å². The van der Waals surface area contributed by atoms with E-state index in [1.54, 1.807) is 0 Å². The normalized spacial score (nSPS) is 20.0. The van der Waals surface area contributed by atoms with Gasteiger partial charge in [-0.2, -0.15) is 0 Å². The van der Waals surface area contributed by atoms with E-state index in [1.807, 2.05) is 12.4 Å². The van der Waals surface area contributed by atoms with Gasteiger partial charge in [0.1, 0.15) is 0 Å². The lowest BCUT2D eigenvalue weighted by Crippen LogP contribution is -2.35. The van der Waals surface area contributed by atoms with Gasteiger partial charge in [-0.25, -0.2) is 9.97 Å². The van der Waals surface area contributed by atoms with Crippen LogP contribution in [0.25, 0.3) is 0 Å². The second kappa shape index (κ2) is 5.87. The molecule has 2 rings (SSSR count). The summed E-state index contributed by atoms with van der Waals surface area (Å²) in [7, 11) is 0. The van der Waals surface area contributed by atoms with Gasteiger partial charge in [0.25, 0.3) is 0 Å². The van der Waals surface area contributed by atoms with Gasteiger partial charge in [0.05, 0.1) is 0 Å². The third-order valence-electron chi connectivity index (χ3n) is 3.62. The van der Waals surface area contributed by atoms with Crippen LogP contribution in [0.15, 0.2) is 12.4 Å². The second-order valence-corrected chi connectivity index (χ2v) is 6.39. The Hall–Kier alpha value is -1.16. The van der Waals surface area contributed by atoms with Crippen LogP contribution in [-0.2, 0) is 6.54 Å². The van der Waals surface area contributed by atoms with Gasteiger partial charge in [-0.15, -0.1) is 0 Å². The fourth-order valence-corrected chi connectivity index (χ4v) is 2.48. The van der Waals surface area contributed by atoms with Crippen LogP contribution in [0.4, 0.5) is 5.95 Å². The van der Waals surface area contributed by atoms with Crippen LogP contribution in [0.2, 0.25) is 0 Å². The van der Waals surface area contributed by atoms with Crippen LogP contribution in [0.1, 0.15) is 52.5 Å². The van der Waals surface area contributed by atoms with E-state index in [0.717, 1.165) is 24.6 Å². The van der Waals surface area contributed by atoms with Crippen molar-refractivity contribution in [3.05, 3.63) is 18.0 Å². The SMILES string of the molecule is CCC1CCCN1c1ncc(CNC(C)(C)C)cn1. The second-order valence-electron chi connectivity index (χ2n) is 6.39. The average Bonchev–Trinajstić information content (AvgIpc) is 2.84. The van der Waals surface area contributed by atoms with Gasteiger partial charge in [-0.3, -0.25) is 0 Å². The minimum atomic E-state index is 0.126. The third-order valence-corrected chi connectivity index (χ3v) is 3.62. The Morgan fingerprint density at radius 3 is 2.58 bits per heavy atom. The van der Waals surface area contributed by atoms with E-state index in [0.29, 0.717) is 6.04 Å². The molecule has 0 aliphatic carbocycles. The van der Waals surface area contributed by atoms with Crippen molar-refractivity contribution in [2.75, 3.05) is 11.4 Å². The number of nitrogens with zero attached hydrogens (tertiary/aromatic N) is 3. The van der Waals surface area contributed by atoms with E-state index in [4.69, 9.17) is 0 Å². The number of nitrogens with one attached hydrogen (secondary N) is 1. The van der Waals surface area contributed by atoms with Crippen molar-refractivity contribution < 1.29 is 0 Å². The van der Waals surface area contributed by atoms with Gasteiger partial charge in [0.2, 0.25) is 5.95 Å². The predicted octanol–water partition coefficient (Wildman–Crippen LogP) is 2.74. The van der Waals surface area contributed by atoms with Crippen molar-refractivity contribution in [2.24, 2.45) is 0 Å². The number of rotatable bonds is 4. The molecule has 1 fully saturated rings. The van der Waals surface area contributed by atoms with Crippen molar-refractivity contribution in [3.8, 4) is 0 Å². The molecule has 1 N–H and O–H groups in total. The Morgan fingerprint density at radius 2 is 2.00 bits per heavy atom. The van der Waals surface area contributed by atoms with Gasteiger partial charge >= 0.3 is 0 Å². The van der Waals surface area contributed by atoms with E-state index in [2.05, 4.69) is 47.9 Å². The molecule has 1 aromatic rings. The van der Waals surface area contributed by atoms with E-state index in [1.165, 1.54) is 19.3 Å². The van der Waals surface area contributed by atoms with Crippen LogP contribution in [0, 0.1) is 0 Å². The molecule has 1 aliphatic rings. The van der Waals surface area contributed by atoms with E-state index >= 15 is 0 Å². The molecule has 19 heavy (non-hydrogen) atoms. The van der Waals surface area contributed by atoms with Crippen LogP contribution in [0.5, 0.6) is 0 Å². The highest BCUT2D eigenvalue weighted by molar-refractivity contribution is 5.33. The number of aromatic nitrogens is 2. The maximum atomic E-state index is 4.53. The molecule has 1 saturated heterocycles. The number of anilines is 1. The molecule has 106 valence electrons. The zero-order valence-electron chi connectivity index (χ0n) is 12.6. The van der Waals surface area contributed by atoms with Crippen molar-refractivity contribution in [3.63, 3.8) is 0 Å². The maximum absolute atomic E-state index is 4.53. The summed E-state index contributed by atoms with van der Waals surface area (Å²) in [6.07, 6.45) is 7.61. The third kappa shape index (κ3) is 3.90. The van der Waals surface area contributed by atoms with Crippen molar-refractivity contribution in [1.82, 2.24) is 15.3 Å². The molecule has 1 aromatic heterocycles. The van der Waals surface area contributed by atoms with E-state index in [9.17, 15) is 0 Å². The summed E-state index contributed by atoms with van der Waals surface area (Å²) in [5.74, 6) is 0.892. The molecule has 0 spiro atoms. The Balaban J connectivity index is 1.98. The summed E-state index contributed by atoms with van der Waals surface area (Å²) >= 11 is 0. The van der Waals surface area contributed by atoms with Crippen LogP contribution < -0.4 is 10.2 Å². The fourth-order valence-electron chi connectivity index (χ4n) is 2.48. The molecule has 0 bridgehead atoms. The molecule has 0 amide bonds. The lowest BCUT2D eigenvalue weighted by Gasteiger charge is -2.24. The zero-order chi connectivity index (χ0) is 13.9. The van der Waals surface area contributed by atoms with Crippen LogP contribution in [0.3, 0.4) is 0 Å². The first-order valence-electron chi connectivity index (χ1n) is 7.32. The lowest BCUT2D eigenvalue weighted by atomic mass is 10.1. The van der Waals surface area contributed by atoms with Gasteiger partial charge in [0, 0.05) is 42.6 Å². The molecule has 4 heteroatoms. The topological polar surface area (TPSA) is 41.1 Å². The molecule has 0 saturated carbocycles. The molecule has 1 atom stereocenters. The summed E-state index contributed by atoms with van der Waals surface area (Å²) in [5, 5.41) is 3.45. The van der Waals surface area contributed by atoms with Gasteiger partial charge in [-0.1, -0.05) is 6.92 Å². The summed E-state index contributed by atoms with van der Waals surface area (Å²) < 4.78 is 0. The summed E-state index contributed by atoms with van der Waals surface area (Å²) in [6, 6.07) is 0.624. The van der Waals surface area contributed by atoms with E-state index < -0.39 is 0 Å². The first-order chi connectivity index (χ1) is 8.99. The summed E-state index contributed by atoms with van der Waals surface area (Å²) in [5.41, 5.74) is 1.27. The molecule has 4 nitrogen and oxygen atoms in total. The highest BCUT2D eigenvalue weighted by Crippen LogP contribution is 2.23. The monoisotopic (exact) mass is 262 g/mol. The first kappa shape index (κ1) is 14.3. The highest BCUT2D eigenvalue weighted by atomic mass is 15.3. The molecular formula is C15H26N4. The summed E-state index contributed by atoms with van der Waals surface area (Å²) in [6.45, 7) is 10.7. The minimum absolute atomic E-state index is 0.126. The van der Waals surface area contributed by atoms with Gasteiger partial charge < -0.3 is 10.2 Å². The molecule has 2 heterocycles. The highest BCUT2D eigenvalue weighted by Gasteiger charge is 2.24. The average molecular weight is 262 g/mol. The summed E-state index contributed by atoms with van der Waals surface area (Å²) in [4.78, 5) is 11.4. The first-order valence-corrected chi connectivity index (χ1v) is 7.32. The molecule has 0 aromatic carbocycles. The van der Waals surface area contributed by atoms with Crippen LogP contribution in [-0.4, -0.2) is 28.1 Å². The maximum Gasteiger partial charge on any atom is 0.225 e. The Morgan fingerprint density at radius 1 is 1.32 bits per heavy atom. The van der Waals surface area contributed by atoms with Crippen molar-refractivity contribution in [2.45, 2.75) is 65.1 Å². The largest absolute Gasteiger partial charge is 0.338 e. The Kier molecular flexibility index (Phi) is 4.40. The Bertz CT molecular complexity index is 394. The standard InChI is InChI=1S/C15H26N4/c1-5-13-7-6-8-19(13)14-16-9-12(10-17-14)11-18-15(2,3)4/h9-10,13,18H,5-8,11H2,1-4H3. The number of hydrogen-bond acceptors (Lipinski definition) is 4. The Labute approximate surface area is 116 Å². The van der Waals surface area contributed by atoms with Gasteiger partial charge in [0.15, 0.2) is 0 Å². The number of hydrogen-bond donors (Lipinski definition) is 1. The molecular weight excluding hydrogens is 236 g/mol.